The fourth-order valence-electron chi connectivity index (χ4n) is 0.860. The number of hydrogen-bond acceptors (Lipinski definition) is 2. The predicted molar refractivity (Wildman–Crippen MR) is 58.5 cm³/mol. The molecule has 1 aromatic carbocycles. The molecule has 0 aliphatic heterocycles. The smallest absolute Gasteiger partial charge is 0.128 e. The molecule has 4 heteroatoms. The van der Waals surface area contributed by atoms with Crippen LogP contribution in [0.4, 0.5) is 5.69 Å². The van der Waals surface area contributed by atoms with Gasteiger partial charge < -0.3 is 4.55 Å². The van der Waals surface area contributed by atoms with Gasteiger partial charge in [-0.2, -0.15) is 0 Å². The fraction of sp³-hybridized carbons (Fsp3) is 0.333. The average molecular weight is 218 g/mol. The van der Waals surface area contributed by atoms with Gasteiger partial charge in [0, 0.05) is 5.02 Å². The summed E-state index contributed by atoms with van der Waals surface area (Å²) in [5, 5.41) is 0.693. The molecule has 0 saturated heterocycles. The van der Waals surface area contributed by atoms with Crippen LogP contribution in [0.3, 0.4) is 0 Å². The van der Waals surface area contributed by atoms with Crippen molar-refractivity contribution in [3.63, 3.8) is 0 Å². The first-order chi connectivity index (χ1) is 6.13. The Morgan fingerprint density at radius 2 is 2.23 bits per heavy atom. The zero-order valence-electron chi connectivity index (χ0n) is 7.63. The Bertz CT molecular complexity index is 293. The normalized spacial score (nSPS) is 12.6. The third kappa shape index (κ3) is 3.10. The predicted octanol–water partition coefficient (Wildman–Crippen LogP) is 2.74. The highest BCUT2D eigenvalue weighted by molar-refractivity contribution is 7.92. The third-order valence-electron chi connectivity index (χ3n) is 1.67. The molecule has 1 unspecified atom stereocenters. The molecule has 13 heavy (non-hydrogen) atoms. The van der Waals surface area contributed by atoms with E-state index in [1.54, 1.807) is 6.07 Å². The topological polar surface area (TPSA) is 35.1 Å². The summed E-state index contributed by atoms with van der Waals surface area (Å²) in [6, 6.07) is 5.55. The molecule has 1 rings (SSSR count). The maximum atomic E-state index is 11.1. The van der Waals surface area contributed by atoms with Crippen LogP contribution in [0.1, 0.15) is 12.5 Å². The van der Waals surface area contributed by atoms with Gasteiger partial charge in [-0.1, -0.05) is 17.7 Å². The molecule has 0 aliphatic carbocycles. The maximum Gasteiger partial charge on any atom is 0.128 e. The molecule has 0 bridgehead atoms. The van der Waals surface area contributed by atoms with Crippen molar-refractivity contribution < 1.29 is 4.55 Å². The molecule has 1 aromatic rings. The first-order valence-electron chi connectivity index (χ1n) is 4.04. The monoisotopic (exact) mass is 217 g/mol. The first kappa shape index (κ1) is 10.7. The van der Waals surface area contributed by atoms with Gasteiger partial charge >= 0.3 is 0 Å². The summed E-state index contributed by atoms with van der Waals surface area (Å²) in [6.07, 6.45) is 0. The van der Waals surface area contributed by atoms with Crippen LogP contribution in [0.5, 0.6) is 0 Å². The Kier molecular flexibility index (Phi) is 3.90. The lowest BCUT2D eigenvalue weighted by atomic mass is 10.2. The van der Waals surface area contributed by atoms with Crippen LogP contribution in [-0.4, -0.2) is 10.3 Å². The van der Waals surface area contributed by atoms with E-state index in [0.717, 1.165) is 11.3 Å². The van der Waals surface area contributed by atoms with Crippen LogP contribution in [-0.2, 0) is 11.4 Å². The van der Waals surface area contributed by atoms with Crippen LogP contribution in [0, 0.1) is 6.92 Å². The van der Waals surface area contributed by atoms with E-state index in [1.165, 1.54) is 0 Å². The molecule has 0 saturated carbocycles. The number of hydrogen-bond donors (Lipinski definition) is 1. The van der Waals surface area contributed by atoms with Gasteiger partial charge in [-0.05, 0) is 31.5 Å². The Morgan fingerprint density at radius 1 is 1.54 bits per heavy atom. The summed E-state index contributed by atoms with van der Waals surface area (Å²) in [5.74, 6) is 0.589. The quantitative estimate of drug-likeness (QED) is 0.791. The molecular weight excluding hydrogens is 206 g/mol. The average Bonchev–Trinajstić information content (AvgIpc) is 2.11. The molecule has 0 aromatic heterocycles. The highest BCUT2D eigenvalue weighted by Gasteiger charge is 2.03. The Hall–Kier alpha value is -0.380. The minimum absolute atomic E-state index is 0.589. The Labute approximate surface area is 86.6 Å². The summed E-state index contributed by atoms with van der Waals surface area (Å²) in [4.78, 5) is 0. The van der Waals surface area contributed by atoms with E-state index < -0.39 is 11.4 Å². The molecule has 0 amide bonds. The second-order valence-electron chi connectivity index (χ2n) is 2.70. The summed E-state index contributed by atoms with van der Waals surface area (Å²) in [7, 11) is 0. The van der Waals surface area contributed by atoms with E-state index in [0.29, 0.717) is 10.8 Å². The highest BCUT2D eigenvalue weighted by Crippen LogP contribution is 2.20. The van der Waals surface area contributed by atoms with E-state index in [1.807, 2.05) is 26.0 Å². The number of anilines is 1. The number of rotatable bonds is 3. The Balaban J connectivity index is 2.73. The van der Waals surface area contributed by atoms with Crippen molar-refractivity contribution in [2.75, 3.05) is 10.5 Å². The van der Waals surface area contributed by atoms with Crippen molar-refractivity contribution in [2.24, 2.45) is 0 Å². The van der Waals surface area contributed by atoms with Crippen LogP contribution < -0.4 is 4.72 Å². The van der Waals surface area contributed by atoms with Crippen LogP contribution in [0.2, 0.25) is 5.02 Å². The third-order valence-corrected chi connectivity index (χ3v) is 3.06. The largest absolute Gasteiger partial charge is 0.593 e. The maximum absolute atomic E-state index is 11.1. The highest BCUT2D eigenvalue weighted by atomic mass is 35.5. The van der Waals surface area contributed by atoms with Crippen molar-refractivity contribution in [2.45, 2.75) is 13.8 Å². The molecule has 72 valence electrons. The second-order valence-corrected chi connectivity index (χ2v) is 4.58. The number of benzene rings is 1. The first-order valence-corrected chi connectivity index (χ1v) is 5.74. The van der Waals surface area contributed by atoms with Gasteiger partial charge in [0.2, 0.25) is 0 Å². The summed E-state index contributed by atoms with van der Waals surface area (Å²) in [5.41, 5.74) is 1.82. The zero-order valence-corrected chi connectivity index (χ0v) is 9.21. The second kappa shape index (κ2) is 4.74. The Morgan fingerprint density at radius 3 is 2.77 bits per heavy atom. The molecular formula is C9H12ClNOS. The van der Waals surface area contributed by atoms with Crippen LogP contribution >= 0.6 is 11.6 Å². The minimum atomic E-state index is -1.00. The van der Waals surface area contributed by atoms with Gasteiger partial charge in [0.1, 0.15) is 5.75 Å². The van der Waals surface area contributed by atoms with Crippen molar-refractivity contribution >= 4 is 28.7 Å². The molecule has 0 fully saturated rings. The summed E-state index contributed by atoms with van der Waals surface area (Å²) in [6.45, 7) is 3.79. The number of nitrogens with one attached hydrogen (secondary N) is 1. The van der Waals surface area contributed by atoms with Crippen molar-refractivity contribution in [3.05, 3.63) is 28.8 Å². The van der Waals surface area contributed by atoms with Gasteiger partial charge in [-0.15, -0.1) is 0 Å². The lowest BCUT2D eigenvalue weighted by molar-refractivity contribution is 0.601. The molecule has 0 radical (unpaired) electrons. The van der Waals surface area contributed by atoms with Crippen molar-refractivity contribution in [3.8, 4) is 0 Å². The van der Waals surface area contributed by atoms with E-state index in [2.05, 4.69) is 4.72 Å². The van der Waals surface area contributed by atoms with E-state index >= 15 is 0 Å². The molecule has 0 heterocycles. The van der Waals surface area contributed by atoms with Crippen LogP contribution in [0.15, 0.2) is 18.2 Å². The number of halogens is 1. The lowest BCUT2D eigenvalue weighted by Crippen LogP contribution is -2.14. The van der Waals surface area contributed by atoms with Gasteiger partial charge in [-0.3, -0.25) is 0 Å². The van der Waals surface area contributed by atoms with Crippen LogP contribution in [0.25, 0.3) is 0 Å². The lowest BCUT2D eigenvalue weighted by Gasteiger charge is -2.10. The van der Waals surface area contributed by atoms with Gasteiger partial charge in [0.15, 0.2) is 0 Å². The van der Waals surface area contributed by atoms with Crippen molar-refractivity contribution in [1.29, 1.82) is 0 Å². The standard InChI is InChI=1S/C9H12ClNOS/c1-3-13(12)11-8-5-4-7(2)9(10)6-8/h4-6,11H,3H2,1-2H3. The summed E-state index contributed by atoms with van der Waals surface area (Å²) >= 11 is 4.90. The fourth-order valence-corrected chi connectivity index (χ4v) is 1.57. The zero-order chi connectivity index (χ0) is 9.84. The van der Waals surface area contributed by atoms with E-state index in [-0.39, 0.29) is 0 Å². The SMILES string of the molecule is CC[S+]([O-])Nc1ccc(C)c(Cl)c1. The van der Waals surface area contributed by atoms with Gasteiger partial charge in [0.25, 0.3) is 0 Å². The molecule has 2 nitrogen and oxygen atoms in total. The molecule has 1 N–H and O–H groups in total. The van der Waals surface area contributed by atoms with Gasteiger partial charge in [0.05, 0.1) is 17.0 Å². The summed E-state index contributed by atoms with van der Waals surface area (Å²) < 4.78 is 14.0. The number of aryl methyl sites for hydroxylation is 1. The molecule has 1 atom stereocenters. The van der Waals surface area contributed by atoms with E-state index in [4.69, 9.17) is 11.6 Å². The van der Waals surface area contributed by atoms with Gasteiger partial charge in [-0.25, -0.2) is 4.72 Å². The van der Waals surface area contributed by atoms with Crippen molar-refractivity contribution in [1.82, 2.24) is 0 Å². The molecule has 0 spiro atoms. The van der Waals surface area contributed by atoms with E-state index in [9.17, 15) is 4.55 Å². The minimum Gasteiger partial charge on any atom is -0.593 e. The molecule has 0 aliphatic rings.